The molecule has 0 aromatic heterocycles. The molecule has 0 aliphatic carbocycles. The minimum Gasteiger partial charge on any atom is -0.309 e. The predicted octanol–water partition coefficient (Wildman–Crippen LogP) is 3.56. The molecule has 0 atom stereocenters. The van der Waals surface area contributed by atoms with Gasteiger partial charge in [-0.3, -0.25) is 0 Å². The molecule has 1 nitrogen and oxygen atoms in total. The quantitative estimate of drug-likeness (QED) is 0.510. The van der Waals surface area contributed by atoms with E-state index >= 15 is 0 Å². The van der Waals surface area contributed by atoms with E-state index in [1.165, 1.54) is 21.5 Å². The molecule has 0 saturated heterocycles. The van der Waals surface area contributed by atoms with E-state index in [-0.39, 0.29) is 0 Å². The topological polar surface area (TPSA) is 12.0 Å². The molecule has 0 bridgehead atoms. The second-order valence-corrected chi connectivity index (χ2v) is 4.53. The first-order valence-corrected chi connectivity index (χ1v) is 6.44. The molecule has 0 unspecified atom stereocenters. The second-order valence-electron chi connectivity index (χ2n) is 4.53. The van der Waals surface area contributed by atoms with Crippen molar-refractivity contribution in [3.8, 4) is 11.8 Å². The largest absolute Gasteiger partial charge is 0.309 e. The molecule has 0 aliphatic heterocycles. The number of rotatable bonds is 1. The minimum absolute atomic E-state index is 0.706. The van der Waals surface area contributed by atoms with Gasteiger partial charge in [-0.2, -0.15) is 0 Å². The van der Waals surface area contributed by atoms with E-state index in [1.807, 2.05) is 7.05 Å². The van der Waals surface area contributed by atoms with Crippen LogP contribution in [0.3, 0.4) is 0 Å². The van der Waals surface area contributed by atoms with Gasteiger partial charge in [-0.25, -0.2) is 0 Å². The zero-order valence-electron chi connectivity index (χ0n) is 10.9. The summed E-state index contributed by atoms with van der Waals surface area (Å²) in [7, 11) is 1.91. The fourth-order valence-electron chi connectivity index (χ4n) is 2.37. The van der Waals surface area contributed by atoms with Gasteiger partial charge in [-0.05, 0) is 34.7 Å². The van der Waals surface area contributed by atoms with Crippen molar-refractivity contribution in [2.75, 3.05) is 13.6 Å². The predicted molar refractivity (Wildman–Crippen MR) is 82.3 cm³/mol. The molecular weight excluding hydrogens is 230 g/mol. The van der Waals surface area contributed by atoms with Gasteiger partial charge in [0.1, 0.15) is 0 Å². The van der Waals surface area contributed by atoms with Gasteiger partial charge in [0.15, 0.2) is 0 Å². The van der Waals surface area contributed by atoms with Gasteiger partial charge in [0.25, 0.3) is 0 Å². The van der Waals surface area contributed by atoms with Crippen LogP contribution in [0.2, 0.25) is 0 Å². The summed E-state index contributed by atoms with van der Waals surface area (Å²) in [5.41, 5.74) is 1.13. The van der Waals surface area contributed by atoms with E-state index in [1.54, 1.807) is 0 Å². The number of nitrogens with one attached hydrogen (secondary N) is 1. The average Bonchev–Trinajstić information content (AvgIpc) is 2.46. The molecule has 1 N–H and O–H groups in total. The molecule has 19 heavy (non-hydrogen) atoms. The second kappa shape index (κ2) is 5.14. The summed E-state index contributed by atoms with van der Waals surface area (Å²) in [5, 5.41) is 8.00. The Labute approximate surface area is 113 Å². The SMILES string of the molecule is CNCC#Cc1c2ccccc2cc2ccccc12. The molecule has 92 valence electrons. The smallest absolute Gasteiger partial charge is 0.0577 e. The molecule has 0 fully saturated rings. The van der Waals surface area contributed by atoms with Crippen molar-refractivity contribution in [1.29, 1.82) is 0 Å². The standard InChI is InChI=1S/C18H15N/c1-19-12-6-11-18-16-9-4-2-7-14(16)13-15-8-3-5-10-17(15)18/h2-5,7-10,13,19H,12H2,1H3. The van der Waals surface area contributed by atoms with Gasteiger partial charge in [-0.15, -0.1) is 0 Å². The Morgan fingerprint density at radius 3 is 2.05 bits per heavy atom. The van der Waals surface area contributed by atoms with Crippen LogP contribution < -0.4 is 5.32 Å². The van der Waals surface area contributed by atoms with Crippen molar-refractivity contribution in [3.05, 3.63) is 60.2 Å². The van der Waals surface area contributed by atoms with Crippen LogP contribution in [0, 0.1) is 11.8 Å². The molecule has 0 aliphatic rings. The van der Waals surface area contributed by atoms with Crippen LogP contribution in [0.5, 0.6) is 0 Å². The van der Waals surface area contributed by atoms with Crippen LogP contribution >= 0.6 is 0 Å². The first-order chi connectivity index (χ1) is 9.40. The fourth-order valence-corrected chi connectivity index (χ4v) is 2.37. The normalized spacial score (nSPS) is 10.4. The summed E-state index contributed by atoms with van der Waals surface area (Å²) in [6.07, 6.45) is 0. The fraction of sp³-hybridized carbons (Fsp3) is 0.111. The van der Waals surface area contributed by atoms with Gasteiger partial charge in [0, 0.05) is 5.56 Å². The molecule has 3 aromatic carbocycles. The van der Waals surface area contributed by atoms with Gasteiger partial charge in [0.2, 0.25) is 0 Å². The highest BCUT2D eigenvalue weighted by molar-refractivity contribution is 6.04. The van der Waals surface area contributed by atoms with E-state index < -0.39 is 0 Å². The van der Waals surface area contributed by atoms with Crippen molar-refractivity contribution in [2.24, 2.45) is 0 Å². The zero-order valence-corrected chi connectivity index (χ0v) is 10.9. The van der Waals surface area contributed by atoms with Gasteiger partial charge in [0.05, 0.1) is 6.54 Å². The van der Waals surface area contributed by atoms with Crippen LogP contribution in [0.1, 0.15) is 5.56 Å². The monoisotopic (exact) mass is 245 g/mol. The summed E-state index contributed by atoms with van der Waals surface area (Å²) < 4.78 is 0. The van der Waals surface area contributed by atoms with Crippen molar-refractivity contribution in [1.82, 2.24) is 5.32 Å². The molecular formula is C18H15N. The van der Waals surface area contributed by atoms with E-state index in [0.717, 1.165) is 5.56 Å². The molecule has 3 aromatic rings. The lowest BCUT2D eigenvalue weighted by Crippen LogP contribution is -2.04. The Bertz CT molecular complexity index is 737. The van der Waals surface area contributed by atoms with Gasteiger partial charge < -0.3 is 5.32 Å². The highest BCUT2D eigenvalue weighted by Crippen LogP contribution is 2.27. The Hall–Kier alpha value is -2.30. The lowest BCUT2D eigenvalue weighted by molar-refractivity contribution is 0.938. The Balaban J connectivity index is 2.37. The first kappa shape index (κ1) is 11.8. The summed E-state index contributed by atoms with van der Waals surface area (Å²) in [6, 6.07) is 19.1. The first-order valence-electron chi connectivity index (χ1n) is 6.44. The summed E-state index contributed by atoms with van der Waals surface area (Å²) >= 11 is 0. The third kappa shape index (κ3) is 2.19. The molecule has 0 amide bonds. The van der Waals surface area contributed by atoms with Crippen LogP contribution in [-0.4, -0.2) is 13.6 Å². The lowest BCUT2D eigenvalue weighted by Gasteiger charge is -2.06. The third-order valence-electron chi connectivity index (χ3n) is 3.25. The highest BCUT2D eigenvalue weighted by Gasteiger charge is 2.04. The highest BCUT2D eigenvalue weighted by atomic mass is 14.8. The van der Waals surface area contributed by atoms with Gasteiger partial charge in [-0.1, -0.05) is 60.4 Å². The average molecular weight is 245 g/mol. The number of hydrogen-bond donors (Lipinski definition) is 1. The number of fused-ring (bicyclic) bond motifs is 2. The molecule has 1 heteroatoms. The van der Waals surface area contributed by atoms with Crippen LogP contribution in [0.4, 0.5) is 0 Å². The number of hydrogen-bond acceptors (Lipinski definition) is 1. The van der Waals surface area contributed by atoms with Crippen molar-refractivity contribution in [3.63, 3.8) is 0 Å². The van der Waals surface area contributed by atoms with Crippen LogP contribution in [-0.2, 0) is 0 Å². The summed E-state index contributed by atoms with van der Waals surface area (Å²) in [6.45, 7) is 0.706. The van der Waals surface area contributed by atoms with Crippen LogP contribution in [0.15, 0.2) is 54.6 Å². The Morgan fingerprint density at radius 1 is 0.895 bits per heavy atom. The molecule has 3 rings (SSSR count). The third-order valence-corrected chi connectivity index (χ3v) is 3.25. The van der Waals surface area contributed by atoms with Gasteiger partial charge >= 0.3 is 0 Å². The molecule has 0 saturated carbocycles. The Morgan fingerprint density at radius 2 is 1.47 bits per heavy atom. The van der Waals surface area contributed by atoms with Crippen LogP contribution in [0.25, 0.3) is 21.5 Å². The summed E-state index contributed by atoms with van der Waals surface area (Å²) in [4.78, 5) is 0. The van der Waals surface area contributed by atoms with Crippen molar-refractivity contribution >= 4 is 21.5 Å². The molecule has 0 radical (unpaired) electrons. The summed E-state index contributed by atoms with van der Waals surface area (Å²) in [5.74, 6) is 6.49. The number of benzene rings is 3. The minimum atomic E-state index is 0.706. The maximum atomic E-state index is 3.32. The lowest BCUT2D eigenvalue weighted by atomic mass is 9.97. The van der Waals surface area contributed by atoms with E-state index in [9.17, 15) is 0 Å². The maximum absolute atomic E-state index is 3.32. The molecule has 0 heterocycles. The Kier molecular flexibility index (Phi) is 3.18. The zero-order chi connectivity index (χ0) is 13.1. The van der Waals surface area contributed by atoms with E-state index in [0.29, 0.717) is 6.54 Å². The maximum Gasteiger partial charge on any atom is 0.0577 e. The molecule has 0 spiro atoms. The van der Waals surface area contributed by atoms with E-state index in [4.69, 9.17) is 0 Å². The van der Waals surface area contributed by atoms with E-state index in [2.05, 4.69) is 71.8 Å². The van der Waals surface area contributed by atoms with Crippen molar-refractivity contribution < 1.29 is 0 Å². The van der Waals surface area contributed by atoms with Crippen molar-refractivity contribution in [2.45, 2.75) is 0 Å².